The van der Waals surface area contributed by atoms with Gasteiger partial charge in [-0.2, -0.15) is 0 Å². The van der Waals surface area contributed by atoms with E-state index in [4.69, 9.17) is 4.52 Å². The second-order valence-corrected chi connectivity index (χ2v) is 3.08. The smallest absolute Gasteiger partial charge is 0.167 e. The van der Waals surface area contributed by atoms with Crippen molar-refractivity contribution < 1.29 is 8.71 Å². The monoisotopic (exact) mass is 207 g/mol. The summed E-state index contributed by atoms with van der Waals surface area (Å²) in [5, 5.41) is 3.83. The Balaban J connectivity index is 2.25. The van der Waals surface area contributed by atoms with Crippen molar-refractivity contribution in [2.45, 2.75) is 6.61 Å². The molecule has 0 atom stereocenters. The van der Waals surface area contributed by atoms with Crippen molar-refractivity contribution in [2.75, 3.05) is 0 Å². The Kier molecular flexibility index (Phi) is 2.86. The number of aromatic nitrogens is 1. The summed E-state index contributed by atoms with van der Waals surface area (Å²) < 4.78 is 9.79. The van der Waals surface area contributed by atoms with E-state index in [0.717, 1.165) is 17.0 Å². The van der Waals surface area contributed by atoms with E-state index in [1.807, 2.05) is 36.4 Å². The van der Waals surface area contributed by atoms with E-state index in [0.29, 0.717) is 6.61 Å². The standard InChI is InChI=1S/C10H9NO2S/c14-12-7-9-6-10(13-11-9)8-4-2-1-3-5-8/h1-6,14H,7H2. The molecule has 0 unspecified atom stereocenters. The van der Waals surface area contributed by atoms with E-state index < -0.39 is 0 Å². The van der Waals surface area contributed by atoms with Gasteiger partial charge in [0, 0.05) is 11.6 Å². The van der Waals surface area contributed by atoms with Crippen molar-refractivity contribution >= 4 is 12.9 Å². The number of rotatable bonds is 3. The summed E-state index contributed by atoms with van der Waals surface area (Å²) in [6, 6.07) is 11.6. The molecule has 0 aliphatic heterocycles. The molecule has 1 heterocycles. The minimum atomic E-state index is 0.347. The number of benzene rings is 1. The Morgan fingerprint density at radius 2 is 2.07 bits per heavy atom. The Bertz CT molecular complexity index is 400. The fourth-order valence-corrected chi connectivity index (χ4v) is 1.32. The van der Waals surface area contributed by atoms with Gasteiger partial charge >= 0.3 is 0 Å². The van der Waals surface area contributed by atoms with Gasteiger partial charge in [-0.3, -0.25) is 0 Å². The van der Waals surface area contributed by atoms with Gasteiger partial charge in [-0.1, -0.05) is 35.5 Å². The first kappa shape index (κ1) is 9.30. The highest BCUT2D eigenvalue weighted by molar-refractivity contribution is 7.75. The van der Waals surface area contributed by atoms with Crippen molar-refractivity contribution in [3.8, 4) is 11.3 Å². The molecule has 0 amide bonds. The highest BCUT2D eigenvalue weighted by atomic mass is 32.1. The van der Waals surface area contributed by atoms with Gasteiger partial charge in [-0.25, -0.2) is 0 Å². The van der Waals surface area contributed by atoms with E-state index in [2.05, 4.69) is 22.2 Å². The molecular formula is C10H9NO2S. The molecule has 0 radical (unpaired) electrons. The molecule has 1 aromatic carbocycles. The third kappa shape index (κ3) is 1.97. The van der Waals surface area contributed by atoms with Crippen LogP contribution in [0.1, 0.15) is 5.69 Å². The zero-order chi connectivity index (χ0) is 9.80. The lowest BCUT2D eigenvalue weighted by molar-refractivity contribution is 0.342. The van der Waals surface area contributed by atoms with Gasteiger partial charge in [0.15, 0.2) is 5.76 Å². The van der Waals surface area contributed by atoms with Crippen molar-refractivity contribution in [1.29, 1.82) is 0 Å². The molecule has 2 rings (SSSR count). The van der Waals surface area contributed by atoms with Crippen LogP contribution in [0.5, 0.6) is 0 Å². The molecule has 72 valence electrons. The van der Waals surface area contributed by atoms with Gasteiger partial charge in [0.25, 0.3) is 0 Å². The molecular weight excluding hydrogens is 198 g/mol. The van der Waals surface area contributed by atoms with E-state index in [1.54, 1.807) is 0 Å². The SMILES string of the molecule is SOCc1cc(-c2ccccc2)on1. The fraction of sp³-hybridized carbons (Fsp3) is 0.100. The number of nitrogens with zero attached hydrogens (tertiary/aromatic N) is 1. The summed E-state index contributed by atoms with van der Waals surface area (Å²) in [4.78, 5) is 0. The molecule has 0 fully saturated rings. The summed E-state index contributed by atoms with van der Waals surface area (Å²) in [6.45, 7) is 0.347. The second-order valence-electron chi connectivity index (χ2n) is 2.82. The Morgan fingerprint density at radius 1 is 1.29 bits per heavy atom. The van der Waals surface area contributed by atoms with Gasteiger partial charge in [-0.05, 0) is 12.9 Å². The van der Waals surface area contributed by atoms with E-state index in [1.165, 1.54) is 0 Å². The molecule has 0 saturated carbocycles. The van der Waals surface area contributed by atoms with Gasteiger partial charge < -0.3 is 8.71 Å². The predicted molar refractivity (Wildman–Crippen MR) is 55.7 cm³/mol. The van der Waals surface area contributed by atoms with Crippen LogP contribution < -0.4 is 0 Å². The molecule has 0 aliphatic carbocycles. The first-order valence-electron chi connectivity index (χ1n) is 4.17. The summed E-state index contributed by atoms with van der Waals surface area (Å²) in [7, 11) is 0. The van der Waals surface area contributed by atoms with E-state index in [9.17, 15) is 0 Å². The van der Waals surface area contributed by atoms with Crippen molar-refractivity contribution in [2.24, 2.45) is 0 Å². The van der Waals surface area contributed by atoms with Gasteiger partial charge in [-0.15, -0.1) is 0 Å². The van der Waals surface area contributed by atoms with Crippen LogP contribution in [0.25, 0.3) is 11.3 Å². The third-order valence-electron chi connectivity index (χ3n) is 1.83. The number of hydrogen-bond donors (Lipinski definition) is 1. The van der Waals surface area contributed by atoms with Crippen LogP contribution in [-0.2, 0) is 10.8 Å². The molecule has 0 spiro atoms. The number of thiol groups is 1. The van der Waals surface area contributed by atoms with E-state index in [-0.39, 0.29) is 0 Å². The summed E-state index contributed by atoms with van der Waals surface area (Å²) in [6.07, 6.45) is 0. The highest BCUT2D eigenvalue weighted by Crippen LogP contribution is 2.19. The van der Waals surface area contributed by atoms with Crippen LogP contribution in [0.4, 0.5) is 0 Å². The molecule has 0 bridgehead atoms. The van der Waals surface area contributed by atoms with Crippen LogP contribution in [0.15, 0.2) is 40.9 Å². The molecule has 1 aromatic heterocycles. The second kappa shape index (κ2) is 4.30. The lowest BCUT2D eigenvalue weighted by atomic mass is 10.2. The maximum atomic E-state index is 5.14. The maximum Gasteiger partial charge on any atom is 0.167 e. The average molecular weight is 207 g/mol. The van der Waals surface area contributed by atoms with E-state index >= 15 is 0 Å². The minimum Gasteiger partial charge on any atom is -0.356 e. The third-order valence-corrected chi connectivity index (χ3v) is 1.96. The van der Waals surface area contributed by atoms with Crippen molar-refractivity contribution in [3.05, 3.63) is 42.1 Å². The molecule has 14 heavy (non-hydrogen) atoms. The molecule has 0 aliphatic rings. The van der Waals surface area contributed by atoms with Crippen LogP contribution in [0.3, 0.4) is 0 Å². The first-order chi connectivity index (χ1) is 6.90. The average Bonchev–Trinajstić information content (AvgIpc) is 2.68. The van der Waals surface area contributed by atoms with Gasteiger partial charge in [0.2, 0.25) is 0 Å². The lowest BCUT2D eigenvalue weighted by Crippen LogP contribution is -1.81. The summed E-state index contributed by atoms with van der Waals surface area (Å²) >= 11 is 3.65. The minimum absolute atomic E-state index is 0.347. The van der Waals surface area contributed by atoms with Crippen LogP contribution in [0, 0.1) is 0 Å². The molecule has 0 saturated heterocycles. The van der Waals surface area contributed by atoms with Crippen LogP contribution in [0.2, 0.25) is 0 Å². The maximum absolute atomic E-state index is 5.14. The zero-order valence-corrected chi connectivity index (χ0v) is 8.28. The molecule has 0 N–H and O–H groups in total. The normalized spacial score (nSPS) is 10.4. The highest BCUT2D eigenvalue weighted by Gasteiger charge is 2.05. The molecule has 3 nitrogen and oxygen atoms in total. The topological polar surface area (TPSA) is 35.3 Å². The van der Waals surface area contributed by atoms with Crippen LogP contribution >= 0.6 is 12.9 Å². The summed E-state index contributed by atoms with van der Waals surface area (Å²) in [5.74, 6) is 0.742. The lowest BCUT2D eigenvalue weighted by Gasteiger charge is -1.91. The molecule has 2 aromatic rings. The predicted octanol–water partition coefficient (Wildman–Crippen LogP) is 2.70. The fourth-order valence-electron chi connectivity index (χ4n) is 1.18. The molecule has 4 heteroatoms. The van der Waals surface area contributed by atoms with Crippen LogP contribution in [-0.4, -0.2) is 5.16 Å². The van der Waals surface area contributed by atoms with Crippen molar-refractivity contribution in [1.82, 2.24) is 5.16 Å². The zero-order valence-electron chi connectivity index (χ0n) is 7.38. The first-order valence-corrected chi connectivity index (χ1v) is 4.54. The number of hydrogen-bond acceptors (Lipinski definition) is 4. The van der Waals surface area contributed by atoms with Gasteiger partial charge in [0.1, 0.15) is 12.3 Å². The Morgan fingerprint density at radius 3 is 2.79 bits per heavy atom. The Labute approximate surface area is 87.3 Å². The Hall–Kier alpha value is -1.26. The van der Waals surface area contributed by atoms with Crippen molar-refractivity contribution in [3.63, 3.8) is 0 Å². The summed E-state index contributed by atoms with van der Waals surface area (Å²) in [5.41, 5.74) is 1.74. The van der Waals surface area contributed by atoms with Gasteiger partial charge in [0.05, 0.1) is 0 Å². The quantitative estimate of drug-likeness (QED) is 0.620. The largest absolute Gasteiger partial charge is 0.356 e.